The van der Waals surface area contributed by atoms with E-state index in [2.05, 4.69) is 21.3 Å². The molecule has 4 amide bonds. The summed E-state index contributed by atoms with van der Waals surface area (Å²) in [5, 5.41) is 11.1. The first-order valence-corrected chi connectivity index (χ1v) is 12.7. The summed E-state index contributed by atoms with van der Waals surface area (Å²) in [7, 11) is 3.07. The second kappa shape index (κ2) is 12.1. The number of hydrogen-bond donors (Lipinski definition) is 4. The van der Waals surface area contributed by atoms with Crippen LogP contribution in [0, 0.1) is 13.8 Å². The molecule has 0 atom stereocenters. The first-order chi connectivity index (χ1) is 19.2. The number of aryl methyl sites for hydroxylation is 2. The molecule has 0 saturated carbocycles. The van der Waals surface area contributed by atoms with Gasteiger partial charge in [0.1, 0.15) is 0 Å². The molecule has 8 nitrogen and oxygen atoms in total. The van der Waals surface area contributed by atoms with E-state index in [4.69, 9.17) is 0 Å². The maximum Gasteiger partial charge on any atom is 0.255 e. The zero-order valence-corrected chi connectivity index (χ0v) is 22.7. The molecular formula is C32H30N4O4. The minimum atomic E-state index is -0.372. The highest BCUT2D eigenvalue weighted by Gasteiger charge is 2.19. The van der Waals surface area contributed by atoms with E-state index in [0.29, 0.717) is 33.6 Å². The second-order valence-corrected chi connectivity index (χ2v) is 9.22. The summed E-state index contributed by atoms with van der Waals surface area (Å²) < 4.78 is 0. The summed E-state index contributed by atoms with van der Waals surface area (Å²) in [5.74, 6) is -1.32. The van der Waals surface area contributed by atoms with E-state index in [1.807, 2.05) is 38.1 Å². The zero-order chi connectivity index (χ0) is 28.8. The van der Waals surface area contributed by atoms with Gasteiger partial charge in [-0.3, -0.25) is 19.2 Å². The fourth-order valence-electron chi connectivity index (χ4n) is 4.49. The van der Waals surface area contributed by atoms with Crippen LogP contribution in [-0.4, -0.2) is 37.7 Å². The Balaban J connectivity index is 1.71. The van der Waals surface area contributed by atoms with Crippen molar-refractivity contribution in [3.8, 4) is 11.1 Å². The Bertz CT molecular complexity index is 1510. The second-order valence-electron chi connectivity index (χ2n) is 9.22. The Hall–Kier alpha value is -5.24. The van der Waals surface area contributed by atoms with Gasteiger partial charge in [-0.1, -0.05) is 36.4 Å². The van der Waals surface area contributed by atoms with Gasteiger partial charge in [0.05, 0.1) is 0 Å². The predicted octanol–water partition coefficient (Wildman–Crippen LogP) is 5.19. The first-order valence-electron chi connectivity index (χ1n) is 12.7. The smallest absolute Gasteiger partial charge is 0.255 e. The number of anilines is 2. The molecule has 0 aromatic heterocycles. The minimum Gasteiger partial charge on any atom is -0.355 e. The number of carbonyl (C=O) groups excluding carboxylic acids is 4. The maximum atomic E-state index is 13.3. The number of hydrogen-bond acceptors (Lipinski definition) is 4. The van der Waals surface area contributed by atoms with Crippen LogP contribution in [0.4, 0.5) is 11.4 Å². The third kappa shape index (κ3) is 5.91. The van der Waals surface area contributed by atoms with Gasteiger partial charge >= 0.3 is 0 Å². The van der Waals surface area contributed by atoms with E-state index in [0.717, 1.165) is 22.3 Å². The molecule has 4 aromatic carbocycles. The monoisotopic (exact) mass is 534 g/mol. The lowest BCUT2D eigenvalue weighted by Gasteiger charge is -2.20. The Kier molecular flexibility index (Phi) is 8.39. The standard InChI is InChI=1S/C32H30N4O4/c1-19-9-5-15-25(35-31(39)23-13-7-11-21(17-23)29(37)33-3)27(19)28-20(2)10-6-16-26(28)36-32(40)24-14-8-12-22(18-24)30(38)34-4/h5-18H,1-4H3,(H,33,37)(H,34,38)(H,35,39)(H,36,40). The number of rotatable bonds is 7. The van der Waals surface area contributed by atoms with E-state index in [1.165, 1.54) is 26.2 Å². The molecule has 0 heterocycles. The van der Waals surface area contributed by atoms with E-state index in [9.17, 15) is 19.2 Å². The van der Waals surface area contributed by atoms with Gasteiger partial charge in [0.15, 0.2) is 0 Å². The van der Waals surface area contributed by atoms with E-state index in [-0.39, 0.29) is 23.6 Å². The summed E-state index contributed by atoms with van der Waals surface area (Å²) in [6, 6.07) is 24.1. The van der Waals surface area contributed by atoms with Crippen molar-refractivity contribution in [3.63, 3.8) is 0 Å². The van der Waals surface area contributed by atoms with Gasteiger partial charge in [-0.25, -0.2) is 0 Å². The third-order valence-electron chi connectivity index (χ3n) is 6.52. The first kappa shape index (κ1) is 27.8. The molecule has 0 aliphatic carbocycles. The topological polar surface area (TPSA) is 116 Å². The molecular weight excluding hydrogens is 504 g/mol. The highest BCUT2D eigenvalue weighted by molar-refractivity contribution is 6.11. The average Bonchev–Trinajstić information content (AvgIpc) is 2.97. The zero-order valence-electron chi connectivity index (χ0n) is 22.7. The van der Waals surface area contributed by atoms with Crippen molar-refractivity contribution in [3.05, 3.63) is 118 Å². The lowest BCUT2D eigenvalue weighted by atomic mass is 9.93. The number of nitrogens with one attached hydrogen (secondary N) is 4. The van der Waals surface area contributed by atoms with Crippen LogP contribution in [0.5, 0.6) is 0 Å². The number of carbonyl (C=O) groups is 4. The highest BCUT2D eigenvalue weighted by atomic mass is 16.2. The van der Waals surface area contributed by atoms with Gasteiger partial charge < -0.3 is 21.3 Å². The van der Waals surface area contributed by atoms with Crippen LogP contribution in [0.15, 0.2) is 84.9 Å². The fourth-order valence-corrected chi connectivity index (χ4v) is 4.49. The van der Waals surface area contributed by atoms with Crippen LogP contribution in [0.3, 0.4) is 0 Å². The van der Waals surface area contributed by atoms with Crippen molar-refractivity contribution in [2.24, 2.45) is 0 Å². The van der Waals surface area contributed by atoms with Gasteiger partial charge in [0.2, 0.25) is 0 Å². The summed E-state index contributed by atoms with van der Waals surface area (Å²) in [6.45, 7) is 3.87. The molecule has 0 saturated heterocycles. The summed E-state index contributed by atoms with van der Waals surface area (Å²) >= 11 is 0. The van der Waals surface area contributed by atoms with Crippen molar-refractivity contribution in [2.75, 3.05) is 24.7 Å². The molecule has 0 unspecified atom stereocenters. The van der Waals surface area contributed by atoms with E-state index < -0.39 is 0 Å². The molecule has 0 spiro atoms. The molecule has 202 valence electrons. The lowest BCUT2D eigenvalue weighted by molar-refractivity contribution is 0.0954. The Labute approximate surface area is 232 Å². The van der Waals surface area contributed by atoms with Gasteiger partial charge in [0, 0.05) is 58.9 Å². The van der Waals surface area contributed by atoms with Crippen molar-refractivity contribution in [1.82, 2.24) is 10.6 Å². The van der Waals surface area contributed by atoms with Gasteiger partial charge in [-0.05, 0) is 73.5 Å². The normalized spacial score (nSPS) is 10.4. The maximum absolute atomic E-state index is 13.3. The SMILES string of the molecule is CNC(=O)c1cccc(C(=O)Nc2cccc(C)c2-c2c(C)cccc2NC(=O)c2cccc(C(=O)NC)c2)c1. The molecule has 8 heteroatoms. The largest absolute Gasteiger partial charge is 0.355 e. The quantitative estimate of drug-likeness (QED) is 0.261. The predicted molar refractivity (Wildman–Crippen MR) is 157 cm³/mol. The summed E-state index contributed by atoms with van der Waals surface area (Å²) in [4.78, 5) is 50.7. The fraction of sp³-hybridized carbons (Fsp3) is 0.125. The van der Waals surface area contributed by atoms with E-state index >= 15 is 0 Å². The molecule has 0 aliphatic rings. The van der Waals surface area contributed by atoms with E-state index in [1.54, 1.807) is 48.5 Å². The van der Waals surface area contributed by atoms with Crippen molar-refractivity contribution in [1.29, 1.82) is 0 Å². The Morgan fingerprint density at radius 2 is 0.800 bits per heavy atom. The molecule has 0 aliphatic heterocycles. The Morgan fingerprint density at radius 1 is 0.475 bits per heavy atom. The van der Waals surface area contributed by atoms with Gasteiger partial charge in [0.25, 0.3) is 23.6 Å². The van der Waals surface area contributed by atoms with Gasteiger partial charge in [-0.15, -0.1) is 0 Å². The molecule has 4 N–H and O–H groups in total. The lowest BCUT2D eigenvalue weighted by Crippen LogP contribution is -2.19. The molecule has 0 radical (unpaired) electrons. The van der Waals surface area contributed by atoms with Gasteiger partial charge in [-0.2, -0.15) is 0 Å². The average molecular weight is 535 g/mol. The van der Waals surface area contributed by atoms with Crippen LogP contribution in [0.25, 0.3) is 11.1 Å². The Morgan fingerprint density at radius 3 is 1.15 bits per heavy atom. The summed E-state index contributed by atoms with van der Waals surface area (Å²) in [5.41, 5.74) is 5.84. The van der Waals surface area contributed by atoms with Crippen molar-refractivity contribution in [2.45, 2.75) is 13.8 Å². The van der Waals surface area contributed by atoms with Crippen molar-refractivity contribution < 1.29 is 19.2 Å². The van der Waals surface area contributed by atoms with Crippen LogP contribution >= 0.6 is 0 Å². The van der Waals surface area contributed by atoms with Crippen LogP contribution < -0.4 is 21.3 Å². The molecule has 40 heavy (non-hydrogen) atoms. The third-order valence-corrected chi connectivity index (χ3v) is 6.52. The summed E-state index contributed by atoms with van der Waals surface area (Å²) in [6.07, 6.45) is 0. The van der Waals surface area contributed by atoms with Crippen LogP contribution in [0.1, 0.15) is 52.6 Å². The number of amides is 4. The van der Waals surface area contributed by atoms with Crippen molar-refractivity contribution >= 4 is 35.0 Å². The highest BCUT2D eigenvalue weighted by Crippen LogP contribution is 2.39. The molecule has 4 aromatic rings. The molecule has 0 bridgehead atoms. The molecule has 4 rings (SSSR count). The minimum absolute atomic E-state index is 0.285. The van der Waals surface area contributed by atoms with Crippen LogP contribution in [-0.2, 0) is 0 Å². The van der Waals surface area contributed by atoms with Crippen LogP contribution in [0.2, 0.25) is 0 Å². The molecule has 0 fully saturated rings. The number of benzene rings is 4.